The summed E-state index contributed by atoms with van der Waals surface area (Å²) in [6.45, 7) is 6.36. The first-order valence-corrected chi connectivity index (χ1v) is 24.9. The maximum atomic E-state index is 12.7. The highest BCUT2D eigenvalue weighted by Crippen LogP contribution is 2.15. The number of carbonyl (C=O) groups is 3. The van der Waals surface area contributed by atoms with E-state index in [2.05, 4.69) is 93.7 Å². The maximum absolute atomic E-state index is 12.7. The molecule has 344 valence electrons. The fraction of sp³-hybridized carbons (Fsp3) is 0.722. The molecule has 1 unspecified atom stereocenters. The van der Waals surface area contributed by atoms with Crippen molar-refractivity contribution in [3.8, 4) is 0 Å². The first-order chi connectivity index (χ1) is 29.5. The summed E-state index contributed by atoms with van der Waals surface area (Å²) in [4.78, 5) is 37.9. The predicted octanol–water partition coefficient (Wildman–Crippen LogP) is 16.3. The van der Waals surface area contributed by atoms with Crippen molar-refractivity contribution >= 4 is 17.9 Å². The van der Waals surface area contributed by atoms with E-state index in [1.165, 1.54) is 83.5 Å². The summed E-state index contributed by atoms with van der Waals surface area (Å²) in [5.74, 6) is -0.955. The number of esters is 3. The lowest BCUT2D eigenvalue weighted by atomic mass is 10.0. The Kier molecular flexibility index (Phi) is 46.0. The van der Waals surface area contributed by atoms with Crippen LogP contribution in [0.4, 0.5) is 0 Å². The van der Waals surface area contributed by atoms with Crippen molar-refractivity contribution in [2.45, 2.75) is 239 Å². The molecule has 0 bridgehead atoms. The van der Waals surface area contributed by atoms with Crippen LogP contribution in [-0.4, -0.2) is 37.2 Å². The molecule has 0 N–H and O–H groups in total. The van der Waals surface area contributed by atoms with Crippen molar-refractivity contribution in [3.05, 3.63) is 72.9 Å². The fourth-order valence-electron chi connectivity index (χ4n) is 6.76. The maximum Gasteiger partial charge on any atom is 0.306 e. The molecule has 0 amide bonds. The lowest BCUT2D eigenvalue weighted by Gasteiger charge is -2.18. The molecule has 0 spiro atoms. The van der Waals surface area contributed by atoms with Crippen LogP contribution in [-0.2, 0) is 28.6 Å². The summed E-state index contributed by atoms with van der Waals surface area (Å²) < 4.78 is 16.7. The molecule has 0 saturated carbocycles. The van der Waals surface area contributed by atoms with Gasteiger partial charge in [0.2, 0.25) is 0 Å². The molecule has 0 rings (SSSR count). The number of ether oxygens (including phenoxy) is 3. The summed E-state index contributed by atoms with van der Waals surface area (Å²) >= 11 is 0. The third-order valence-corrected chi connectivity index (χ3v) is 10.5. The molecule has 0 radical (unpaired) electrons. The summed E-state index contributed by atoms with van der Waals surface area (Å²) in [6, 6.07) is 0. The number of hydrogen-bond acceptors (Lipinski definition) is 6. The second kappa shape index (κ2) is 48.5. The Hall–Kier alpha value is -3.15. The van der Waals surface area contributed by atoms with Gasteiger partial charge in [-0.25, -0.2) is 0 Å². The number of allylic oxidation sites excluding steroid dienone is 12. The minimum Gasteiger partial charge on any atom is -0.462 e. The van der Waals surface area contributed by atoms with Gasteiger partial charge < -0.3 is 14.2 Å². The van der Waals surface area contributed by atoms with E-state index in [4.69, 9.17) is 14.2 Å². The highest BCUT2D eigenvalue weighted by Gasteiger charge is 2.19. The van der Waals surface area contributed by atoms with Crippen LogP contribution < -0.4 is 0 Å². The Morgan fingerprint density at radius 3 is 1.02 bits per heavy atom. The minimum atomic E-state index is -0.800. The Morgan fingerprint density at radius 1 is 0.350 bits per heavy atom. The van der Waals surface area contributed by atoms with Gasteiger partial charge in [-0.1, -0.05) is 203 Å². The van der Waals surface area contributed by atoms with Gasteiger partial charge in [0.15, 0.2) is 6.10 Å². The van der Waals surface area contributed by atoms with E-state index in [1.807, 2.05) is 0 Å². The summed E-state index contributed by atoms with van der Waals surface area (Å²) in [5.41, 5.74) is 0. The average Bonchev–Trinajstić information content (AvgIpc) is 3.24. The molecule has 0 saturated heterocycles. The monoisotopic (exact) mass is 837 g/mol. The van der Waals surface area contributed by atoms with Crippen LogP contribution in [0.5, 0.6) is 0 Å². The van der Waals surface area contributed by atoms with Crippen LogP contribution in [0, 0.1) is 0 Å². The number of rotatable bonds is 44. The van der Waals surface area contributed by atoms with Gasteiger partial charge in [-0.05, 0) is 83.5 Å². The second-order valence-corrected chi connectivity index (χ2v) is 16.3. The van der Waals surface area contributed by atoms with Crippen molar-refractivity contribution in [2.75, 3.05) is 13.2 Å². The smallest absolute Gasteiger partial charge is 0.306 e. The molecule has 0 aromatic heterocycles. The van der Waals surface area contributed by atoms with E-state index in [0.717, 1.165) is 109 Å². The molecular weight excluding hydrogens is 745 g/mol. The van der Waals surface area contributed by atoms with Crippen molar-refractivity contribution in [1.29, 1.82) is 0 Å². The van der Waals surface area contributed by atoms with Crippen LogP contribution in [0.2, 0.25) is 0 Å². The number of hydrogen-bond donors (Lipinski definition) is 0. The molecule has 6 nitrogen and oxygen atoms in total. The molecule has 0 aromatic carbocycles. The predicted molar refractivity (Wildman–Crippen MR) is 256 cm³/mol. The summed E-state index contributed by atoms with van der Waals surface area (Å²) in [5, 5.41) is 0. The zero-order valence-electron chi connectivity index (χ0n) is 39.2. The molecule has 0 aliphatic carbocycles. The van der Waals surface area contributed by atoms with Gasteiger partial charge in [-0.2, -0.15) is 0 Å². The molecule has 0 aromatic rings. The van der Waals surface area contributed by atoms with E-state index in [9.17, 15) is 14.4 Å². The first kappa shape index (κ1) is 56.9. The molecular formula is C54H92O6. The lowest BCUT2D eigenvalue weighted by molar-refractivity contribution is -0.167. The van der Waals surface area contributed by atoms with Gasteiger partial charge in [0.25, 0.3) is 0 Å². The van der Waals surface area contributed by atoms with E-state index in [0.29, 0.717) is 12.8 Å². The minimum absolute atomic E-state index is 0.0954. The number of unbranched alkanes of at least 4 members (excludes halogenated alkanes) is 21. The Bertz CT molecular complexity index is 1140. The molecule has 0 heterocycles. The number of carbonyl (C=O) groups excluding carboxylic acids is 3. The van der Waals surface area contributed by atoms with E-state index in [-0.39, 0.29) is 37.5 Å². The van der Waals surface area contributed by atoms with Crippen molar-refractivity contribution in [1.82, 2.24) is 0 Å². The third kappa shape index (κ3) is 45.9. The Morgan fingerprint density at radius 2 is 0.650 bits per heavy atom. The van der Waals surface area contributed by atoms with Gasteiger partial charge in [0.1, 0.15) is 13.2 Å². The fourth-order valence-corrected chi connectivity index (χ4v) is 6.76. The van der Waals surface area contributed by atoms with Crippen LogP contribution in [0.1, 0.15) is 233 Å². The van der Waals surface area contributed by atoms with E-state index in [1.54, 1.807) is 0 Å². The molecule has 1 atom stereocenters. The zero-order chi connectivity index (χ0) is 43.7. The average molecular weight is 837 g/mol. The van der Waals surface area contributed by atoms with Crippen molar-refractivity contribution < 1.29 is 28.6 Å². The first-order valence-electron chi connectivity index (χ1n) is 24.9. The SMILES string of the molecule is CC/C=C\C/C=C\C/C=C\CCCCCC(=O)OCC(COC(=O)CCCCCCCCCCCCCCCCCC)OC(=O)CCCCC/C=C\C/C=C\C/C=C\CC. The lowest BCUT2D eigenvalue weighted by Crippen LogP contribution is -2.30. The van der Waals surface area contributed by atoms with Gasteiger partial charge in [-0.15, -0.1) is 0 Å². The largest absolute Gasteiger partial charge is 0.462 e. The van der Waals surface area contributed by atoms with Gasteiger partial charge >= 0.3 is 17.9 Å². The Balaban J connectivity index is 4.43. The van der Waals surface area contributed by atoms with Gasteiger partial charge in [-0.3, -0.25) is 14.4 Å². The van der Waals surface area contributed by atoms with E-state index >= 15 is 0 Å². The molecule has 0 aliphatic rings. The van der Waals surface area contributed by atoms with Crippen molar-refractivity contribution in [2.24, 2.45) is 0 Å². The molecule has 60 heavy (non-hydrogen) atoms. The van der Waals surface area contributed by atoms with Gasteiger partial charge in [0, 0.05) is 19.3 Å². The third-order valence-electron chi connectivity index (χ3n) is 10.5. The molecule has 0 aliphatic heterocycles. The Labute approximate surface area is 370 Å². The highest BCUT2D eigenvalue weighted by atomic mass is 16.6. The van der Waals surface area contributed by atoms with Gasteiger partial charge in [0.05, 0.1) is 0 Å². The second-order valence-electron chi connectivity index (χ2n) is 16.3. The normalized spacial score (nSPS) is 12.7. The highest BCUT2D eigenvalue weighted by molar-refractivity contribution is 5.71. The van der Waals surface area contributed by atoms with E-state index < -0.39 is 6.10 Å². The zero-order valence-corrected chi connectivity index (χ0v) is 39.2. The van der Waals surface area contributed by atoms with Crippen LogP contribution in [0.15, 0.2) is 72.9 Å². The van der Waals surface area contributed by atoms with Crippen LogP contribution >= 0.6 is 0 Å². The van der Waals surface area contributed by atoms with Crippen LogP contribution in [0.25, 0.3) is 0 Å². The van der Waals surface area contributed by atoms with Crippen LogP contribution in [0.3, 0.4) is 0 Å². The standard InChI is InChI=1S/C54H92O6/c1-4-7-10-13-16-19-22-25-26-27-30-32-35-38-41-44-47-53(56)59-50-51(60-54(57)48-45-42-39-36-33-29-24-21-18-15-12-9-6-3)49-58-52(55)46-43-40-37-34-31-28-23-20-17-14-11-8-5-2/h8-9,11-12,17-18,20-21,28-29,31,33,51H,4-7,10,13-16,19,22-27,30,32,34-50H2,1-3H3/b11-8-,12-9-,20-17-,21-18-,31-28-,33-29-. The molecule has 6 heteroatoms. The quantitative estimate of drug-likeness (QED) is 0.0263. The topological polar surface area (TPSA) is 78.9 Å². The molecule has 0 fully saturated rings. The summed E-state index contributed by atoms with van der Waals surface area (Å²) in [6.07, 6.45) is 60.3. The van der Waals surface area contributed by atoms with Crippen molar-refractivity contribution in [3.63, 3.8) is 0 Å². The summed E-state index contributed by atoms with van der Waals surface area (Å²) in [7, 11) is 0.